The van der Waals surface area contributed by atoms with Crippen molar-refractivity contribution in [3.05, 3.63) is 54.4 Å². The smallest absolute Gasteiger partial charge is 0.191 e. The van der Waals surface area contributed by atoms with Gasteiger partial charge in [-0.25, -0.2) is 5.01 Å². The molecule has 0 spiro atoms. The fourth-order valence-corrected chi connectivity index (χ4v) is 1.56. The van der Waals surface area contributed by atoms with Gasteiger partial charge in [0.1, 0.15) is 5.75 Å². The fourth-order valence-electron chi connectivity index (χ4n) is 1.41. The average molecular weight is 272 g/mol. The molecule has 5 nitrogen and oxygen atoms in total. The molecule has 2 rings (SSSR count). The second kappa shape index (κ2) is 5.92. The molecule has 0 aliphatic rings. The predicted octanol–water partition coefficient (Wildman–Crippen LogP) is 1.87. The van der Waals surface area contributed by atoms with E-state index in [-0.39, 0.29) is 10.9 Å². The maximum atomic E-state index is 9.14. The minimum atomic E-state index is 0.103. The average Bonchev–Trinajstić information content (AvgIpc) is 2.42. The van der Waals surface area contributed by atoms with Crippen LogP contribution in [0.25, 0.3) is 0 Å². The van der Waals surface area contributed by atoms with Gasteiger partial charge in [0.15, 0.2) is 5.11 Å². The summed E-state index contributed by atoms with van der Waals surface area (Å²) in [4.78, 5) is 3.99. The van der Waals surface area contributed by atoms with E-state index in [1.54, 1.807) is 6.07 Å². The normalized spacial score (nSPS) is 10.5. The molecule has 1 aromatic heterocycles. The van der Waals surface area contributed by atoms with E-state index >= 15 is 0 Å². The second-order valence-corrected chi connectivity index (χ2v) is 4.09. The molecule has 0 saturated heterocycles. The van der Waals surface area contributed by atoms with Crippen LogP contribution in [-0.2, 0) is 0 Å². The number of hydrogen-bond acceptors (Lipinski definition) is 4. The minimum Gasteiger partial charge on any atom is -0.506 e. The molecule has 0 fully saturated rings. The first-order chi connectivity index (χ1) is 9.16. The largest absolute Gasteiger partial charge is 0.506 e. The monoisotopic (exact) mass is 272 g/mol. The molecule has 19 heavy (non-hydrogen) atoms. The molecule has 0 amide bonds. The van der Waals surface area contributed by atoms with Gasteiger partial charge in [0.05, 0.1) is 23.8 Å². The Kier molecular flexibility index (Phi) is 4.04. The Hall–Kier alpha value is -2.47. The summed E-state index contributed by atoms with van der Waals surface area (Å²) >= 11 is 4.96. The van der Waals surface area contributed by atoms with Gasteiger partial charge in [-0.05, 0) is 36.5 Å². The van der Waals surface area contributed by atoms with E-state index < -0.39 is 0 Å². The lowest BCUT2D eigenvalue weighted by Gasteiger charge is -2.16. The fraction of sp³-hybridized carbons (Fsp3) is 0. The molecular formula is C13H12N4OS. The highest BCUT2D eigenvalue weighted by Gasteiger charge is 2.06. The zero-order chi connectivity index (χ0) is 13.7. The first kappa shape index (κ1) is 13.0. The molecule has 0 radical (unpaired) electrons. The molecule has 0 bridgehead atoms. The zero-order valence-electron chi connectivity index (χ0n) is 9.97. The molecule has 0 atom stereocenters. The summed E-state index contributed by atoms with van der Waals surface area (Å²) in [5, 5.41) is 14.9. The van der Waals surface area contributed by atoms with E-state index in [1.165, 1.54) is 23.5 Å². The van der Waals surface area contributed by atoms with E-state index in [1.807, 2.05) is 30.3 Å². The van der Waals surface area contributed by atoms with Crippen LogP contribution in [0.15, 0.2) is 53.8 Å². The number of thiocarbonyl (C=S) groups is 1. The van der Waals surface area contributed by atoms with Gasteiger partial charge in [-0.3, -0.25) is 4.98 Å². The third-order valence-corrected chi connectivity index (χ3v) is 2.46. The van der Waals surface area contributed by atoms with E-state index in [0.717, 1.165) is 5.69 Å². The maximum Gasteiger partial charge on any atom is 0.191 e. The van der Waals surface area contributed by atoms with Gasteiger partial charge in [-0.2, -0.15) is 5.10 Å². The Morgan fingerprint density at radius 1 is 1.26 bits per heavy atom. The van der Waals surface area contributed by atoms with Crippen LogP contribution < -0.4 is 10.7 Å². The zero-order valence-corrected chi connectivity index (χ0v) is 10.8. The summed E-state index contributed by atoms with van der Waals surface area (Å²) in [5.74, 6) is 0.103. The summed E-state index contributed by atoms with van der Waals surface area (Å²) in [5.41, 5.74) is 7.00. The molecular weight excluding hydrogens is 260 g/mol. The van der Waals surface area contributed by atoms with Gasteiger partial charge in [0.25, 0.3) is 0 Å². The van der Waals surface area contributed by atoms with Gasteiger partial charge in [0, 0.05) is 0 Å². The summed E-state index contributed by atoms with van der Waals surface area (Å²) in [6.45, 7) is 0. The van der Waals surface area contributed by atoms with Crippen molar-refractivity contribution in [2.24, 2.45) is 10.8 Å². The third kappa shape index (κ3) is 3.49. The molecule has 6 heteroatoms. The predicted molar refractivity (Wildman–Crippen MR) is 79.2 cm³/mol. The molecule has 96 valence electrons. The Bertz CT molecular complexity index is 583. The van der Waals surface area contributed by atoms with Crippen LogP contribution >= 0.6 is 12.2 Å². The number of para-hydroxylation sites is 1. The van der Waals surface area contributed by atoms with Crippen molar-refractivity contribution in [3.63, 3.8) is 0 Å². The standard InChI is InChI=1S/C13H12N4OS/c14-13(19)17(11-4-2-1-3-5-11)16-8-10-6-7-12(18)9-15-10/h1-9,18H,(H2,14,19)/b16-8-. The highest BCUT2D eigenvalue weighted by molar-refractivity contribution is 7.80. The number of benzene rings is 1. The second-order valence-electron chi connectivity index (χ2n) is 3.67. The van der Waals surface area contributed by atoms with Crippen molar-refractivity contribution in [2.45, 2.75) is 0 Å². The Labute approximate surface area is 116 Å². The number of rotatable bonds is 3. The van der Waals surface area contributed by atoms with E-state index in [9.17, 15) is 0 Å². The molecule has 2 aromatic rings. The molecule has 0 unspecified atom stereocenters. The van der Waals surface area contributed by atoms with Gasteiger partial charge >= 0.3 is 0 Å². The highest BCUT2D eigenvalue weighted by Crippen LogP contribution is 2.13. The summed E-state index contributed by atoms with van der Waals surface area (Å²) < 4.78 is 0. The van der Waals surface area contributed by atoms with Gasteiger partial charge in [0.2, 0.25) is 0 Å². The summed E-state index contributed by atoms with van der Waals surface area (Å²) in [6.07, 6.45) is 2.86. The Morgan fingerprint density at radius 3 is 2.58 bits per heavy atom. The third-order valence-electron chi connectivity index (χ3n) is 2.29. The lowest BCUT2D eigenvalue weighted by Crippen LogP contribution is -2.30. The van der Waals surface area contributed by atoms with E-state index in [0.29, 0.717) is 5.69 Å². The van der Waals surface area contributed by atoms with Crippen LogP contribution in [0.4, 0.5) is 5.69 Å². The van der Waals surface area contributed by atoms with Crippen molar-refractivity contribution < 1.29 is 5.11 Å². The van der Waals surface area contributed by atoms with Crippen molar-refractivity contribution in [1.29, 1.82) is 0 Å². The number of hydrazone groups is 1. The van der Waals surface area contributed by atoms with Crippen molar-refractivity contribution in [2.75, 3.05) is 5.01 Å². The highest BCUT2D eigenvalue weighted by atomic mass is 32.1. The molecule has 3 N–H and O–H groups in total. The molecule has 0 saturated carbocycles. The molecule has 0 aliphatic carbocycles. The Morgan fingerprint density at radius 2 is 2.00 bits per heavy atom. The van der Waals surface area contributed by atoms with Crippen molar-refractivity contribution in [3.8, 4) is 5.75 Å². The van der Waals surface area contributed by atoms with Gasteiger partial charge in [-0.15, -0.1) is 0 Å². The SMILES string of the molecule is NC(=S)N(/N=C\c1ccc(O)cn1)c1ccccc1. The Balaban J connectivity index is 2.22. The van der Waals surface area contributed by atoms with E-state index in [2.05, 4.69) is 10.1 Å². The number of aromatic nitrogens is 1. The summed E-state index contributed by atoms with van der Waals surface area (Å²) in [7, 11) is 0. The van der Waals surface area contributed by atoms with Crippen LogP contribution in [0, 0.1) is 0 Å². The number of aromatic hydroxyl groups is 1. The molecule has 1 heterocycles. The van der Waals surface area contributed by atoms with Gasteiger partial charge < -0.3 is 10.8 Å². The quantitative estimate of drug-likeness (QED) is 0.507. The topological polar surface area (TPSA) is 74.7 Å². The number of anilines is 1. The van der Waals surface area contributed by atoms with Crippen molar-refractivity contribution >= 4 is 29.2 Å². The first-order valence-corrected chi connectivity index (χ1v) is 5.91. The minimum absolute atomic E-state index is 0.103. The lowest BCUT2D eigenvalue weighted by atomic mass is 10.3. The van der Waals surface area contributed by atoms with Crippen LogP contribution in [0.1, 0.15) is 5.69 Å². The van der Waals surface area contributed by atoms with E-state index in [4.69, 9.17) is 23.1 Å². The van der Waals surface area contributed by atoms with Crippen LogP contribution in [0.2, 0.25) is 0 Å². The van der Waals surface area contributed by atoms with Crippen molar-refractivity contribution in [1.82, 2.24) is 4.98 Å². The molecule has 0 aliphatic heterocycles. The first-order valence-electron chi connectivity index (χ1n) is 5.50. The number of pyridine rings is 1. The number of hydrogen-bond donors (Lipinski definition) is 2. The number of nitrogens with zero attached hydrogens (tertiary/aromatic N) is 3. The van der Waals surface area contributed by atoms with Crippen LogP contribution in [0.3, 0.4) is 0 Å². The van der Waals surface area contributed by atoms with Crippen LogP contribution in [-0.4, -0.2) is 21.4 Å². The summed E-state index contributed by atoms with van der Waals surface area (Å²) in [6, 6.07) is 12.5. The molecule has 1 aromatic carbocycles. The van der Waals surface area contributed by atoms with Crippen LogP contribution in [0.5, 0.6) is 5.75 Å². The van der Waals surface area contributed by atoms with Gasteiger partial charge in [-0.1, -0.05) is 18.2 Å². The number of nitrogens with two attached hydrogens (primary N) is 1. The lowest BCUT2D eigenvalue weighted by molar-refractivity contribution is 0.472. The maximum absolute atomic E-state index is 9.14.